The SMILES string of the molecule is CN(Cc1nc(Cc2cccc(C(F)(F)F)c2)no1)C[C@@H](O)c1ccccc1. The molecule has 0 aliphatic heterocycles. The zero-order valence-electron chi connectivity index (χ0n) is 15.2. The molecule has 3 aromatic rings. The third kappa shape index (κ3) is 5.40. The summed E-state index contributed by atoms with van der Waals surface area (Å²) in [6, 6.07) is 14.3. The summed E-state index contributed by atoms with van der Waals surface area (Å²) in [5.74, 6) is 0.649. The summed E-state index contributed by atoms with van der Waals surface area (Å²) >= 11 is 0. The molecule has 0 amide bonds. The highest BCUT2D eigenvalue weighted by atomic mass is 19.4. The van der Waals surface area contributed by atoms with Gasteiger partial charge in [0.05, 0.1) is 18.2 Å². The molecule has 148 valence electrons. The molecular formula is C20H20F3N3O2. The van der Waals surface area contributed by atoms with Crippen LogP contribution in [0.25, 0.3) is 0 Å². The van der Waals surface area contributed by atoms with Gasteiger partial charge < -0.3 is 9.63 Å². The largest absolute Gasteiger partial charge is 0.416 e. The first-order valence-electron chi connectivity index (χ1n) is 8.70. The number of likely N-dealkylation sites (N-methyl/N-ethyl adjacent to an activating group) is 1. The fourth-order valence-corrected chi connectivity index (χ4v) is 2.84. The minimum Gasteiger partial charge on any atom is -0.387 e. The molecule has 8 heteroatoms. The molecule has 0 fully saturated rings. The van der Waals surface area contributed by atoms with Gasteiger partial charge in [-0.25, -0.2) is 0 Å². The van der Waals surface area contributed by atoms with Crippen molar-refractivity contribution in [1.29, 1.82) is 0 Å². The van der Waals surface area contributed by atoms with E-state index in [9.17, 15) is 18.3 Å². The Morgan fingerprint density at radius 2 is 1.86 bits per heavy atom. The van der Waals surface area contributed by atoms with Crippen LogP contribution in [0.15, 0.2) is 59.1 Å². The molecule has 0 spiro atoms. The van der Waals surface area contributed by atoms with E-state index < -0.39 is 17.8 Å². The molecule has 2 aromatic carbocycles. The monoisotopic (exact) mass is 391 g/mol. The number of nitrogens with zero attached hydrogens (tertiary/aromatic N) is 3. The standard InChI is InChI=1S/C20H20F3N3O2/c1-26(12-17(27)15-7-3-2-4-8-15)13-19-24-18(25-28-19)11-14-6-5-9-16(10-14)20(21,22)23/h2-10,17,27H,11-13H2,1H3/t17-/m1/s1. The predicted molar refractivity (Wildman–Crippen MR) is 96.3 cm³/mol. The van der Waals surface area contributed by atoms with Crippen LogP contribution < -0.4 is 0 Å². The van der Waals surface area contributed by atoms with Gasteiger partial charge in [0, 0.05) is 13.0 Å². The lowest BCUT2D eigenvalue weighted by atomic mass is 10.1. The number of hydrogen-bond donors (Lipinski definition) is 1. The van der Waals surface area contributed by atoms with Crippen LogP contribution in [0.2, 0.25) is 0 Å². The number of aliphatic hydroxyl groups is 1. The second-order valence-electron chi connectivity index (χ2n) is 6.60. The summed E-state index contributed by atoms with van der Waals surface area (Å²) < 4.78 is 43.6. The fourth-order valence-electron chi connectivity index (χ4n) is 2.84. The van der Waals surface area contributed by atoms with Gasteiger partial charge in [-0.3, -0.25) is 4.90 Å². The van der Waals surface area contributed by atoms with Crippen molar-refractivity contribution < 1.29 is 22.8 Å². The first-order chi connectivity index (χ1) is 13.3. The molecule has 1 atom stereocenters. The normalized spacial score (nSPS) is 13.1. The highest BCUT2D eigenvalue weighted by Gasteiger charge is 2.30. The van der Waals surface area contributed by atoms with E-state index in [-0.39, 0.29) is 6.42 Å². The van der Waals surface area contributed by atoms with Crippen LogP contribution in [0.5, 0.6) is 0 Å². The highest BCUT2D eigenvalue weighted by molar-refractivity contribution is 5.27. The highest BCUT2D eigenvalue weighted by Crippen LogP contribution is 2.29. The second kappa shape index (κ2) is 8.53. The number of benzene rings is 2. The van der Waals surface area contributed by atoms with Gasteiger partial charge in [-0.1, -0.05) is 53.7 Å². The third-order valence-corrected chi connectivity index (χ3v) is 4.20. The summed E-state index contributed by atoms with van der Waals surface area (Å²) in [6.07, 6.45) is -4.90. The molecule has 3 rings (SSSR count). The number of alkyl halides is 3. The number of aromatic nitrogens is 2. The van der Waals surface area contributed by atoms with Gasteiger partial charge in [0.15, 0.2) is 5.82 Å². The maximum absolute atomic E-state index is 12.8. The Morgan fingerprint density at radius 3 is 2.57 bits per heavy atom. The van der Waals surface area contributed by atoms with E-state index in [1.807, 2.05) is 42.3 Å². The van der Waals surface area contributed by atoms with E-state index in [0.717, 1.165) is 17.7 Å². The van der Waals surface area contributed by atoms with Crippen molar-refractivity contribution in [2.24, 2.45) is 0 Å². The van der Waals surface area contributed by atoms with Gasteiger partial charge in [-0.2, -0.15) is 18.2 Å². The zero-order valence-corrected chi connectivity index (χ0v) is 15.2. The Balaban J connectivity index is 1.58. The predicted octanol–water partition coefficient (Wildman–Crippen LogP) is 3.84. The average molecular weight is 391 g/mol. The molecule has 1 N–H and O–H groups in total. The third-order valence-electron chi connectivity index (χ3n) is 4.20. The van der Waals surface area contributed by atoms with E-state index >= 15 is 0 Å². The van der Waals surface area contributed by atoms with Crippen molar-refractivity contribution >= 4 is 0 Å². The van der Waals surface area contributed by atoms with Gasteiger partial charge in [0.2, 0.25) is 5.89 Å². The van der Waals surface area contributed by atoms with E-state index in [0.29, 0.717) is 30.4 Å². The Labute approximate surface area is 160 Å². The zero-order chi connectivity index (χ0) is 20.1. The fraction of sp³-hybridized carbons (Fsp3) is 0.300. The summed E-state index contributed by atoms with van der Waals surface area (Å²) in [7, 11) is 1.81. The maximum Gasteiger partial charge on any atom is 0.416 e. The van der Waals surface area contributed by atoms with E-state index in [1.54, 1.807) is 6.07 Å². The molecular weight excluding hydrogens is 371 g/mol. The van der Waals surface area contributed by atoms with Crippen LogP contribution in [-0.2, 0) is 19.1 Å². The summed E-state index contributed by atoms with van der Waals surface area (Å²) in [5.41, 5.74) is 0.559. The Morgan fingerprint density at radius 1 is 1.11 bits per heavy atom. The quantitative estimate of drug-likeness (QED) is 0.663. The van der Waals surface area contributed by atoms with Crippen molar-refractivity contribution in [3.05, 3.63) is 83.0 Å². The van der Waals surface area contributed by atoms with Crippen molar-refractivity contribution in [2.75, 3.05) is 13.6 Å². The lowest BCUT2D eigenvalue weighted by Gasteiger charge is -2.19. The van der Waals surface area contributed by atoms with Crippen molar-refractivity contribution in [3.8, 4) is 0 Å². The van der Waals surface area contributed by atoms with Crippen LogP contribution in [0.1, 0.15) is 34.5 Å². The van der Waals surface area contributed by atoms with Gasteiger partial charge in [-0.05, 0) is 24.2 Å². The molecule has 0 aliphatic carbocycles. The number of aliphatic hydroxyl groups excluding tert-OH is 1. The van der Waals surface area contributed by atoms with Crippen LogP contribution in [-0.4, -0.2) is 33.7 Å². The molecule has 0 unspecified atom stereocenters. The molecule has 0 aliphatic rings. The number of hydrogen-bond acceptors (Lipinski definition) is 5. The lowest BCUT2D eigenvalue weighted by Crippen LogP contribution is -2.24. The van der Waals surface area contributed by atoms with Gasteiger partial charge in [-0.15, -0.1) is 0 Å². The molecule has 5 nitrogen and oxygen atoms in total. The summed E-state index contributed by atoms with van der Waals surface area (Å²) in [6.45, 7) is 0.689. The molecule has 0 saturated heterocycles. The topological polar surface area (TPSA) is 62.4 Å². The van der Waals surface area contributed by atoms with Crippen molar-refractivity contribution in [3.63, 3.8) is 0 Å². The molecule has 28 heavy (non-hydrogen) atoms. The smallest absolute Gasteiger partial charge is 0.387 e. The van der Waals surface area contributed by atoms with Crippen LogP contribution in [0, 0.1) is 0 Å². The maximum atomic E-state index is 12.8. The molecule has 0 radical (unpaired) electrons. The van der Waals surface area contributed by atoms with Crippen LogP contribution >= 0.6 is 0 Å². The number of rotatable bonds is 7. The Hall–Kier alpha value is -2.71. The van der Waals surface area contributed by atoms with E-state index in [4.69, 9.17) is 4.52 Å². The Kier molecular flexibility index (Phi) is 6.11. The van der Waals surface area contributed by atoms with Gasteiger partial charge >= 0.3 is 6.18 Å². The molecule has 0 bridgehead atoms. The molecule has 1 aromatic heterocycles. The first-order valence-corrected chi connectivity index (χ1v) is 8.70. The van der Waals surface area contributed by atoms with Crippen molar-refractivity contribution in [1.82, 2.24) is 15.0 Å². The summed E-state index contributed by atoms with van der Waals surface area (Å²) in [4.78, 5) is 6.07. The first kappa shape index (κ1) is 20.0. The van der Waals surface area contributed by atoms with E-state index in [2.05, 4.69) is 10.1 Å². The minimum atomic E-state index is -4.39. The van der Waals surface area contributed by atoms with Gasteiger partial charge in [0.25, 0.3) is 0 Å². The average Bonchev–Trinajstić information content (AvgIpc) is 3.08. The second-order valence-corrected chi connectivity index (χ2v) is 6.60. The van der Waals surface area contributed by atoms with Crippen LogP contribution in [0.3, 0.4) is 0 Å². The minimum absolute atomic E-state index is 0.143. The molecule has 0 saturated carbocycles. The summed E-state index contributed by atoms with van der Waals surface area (Å²) in [5, 5.41) is 14.1. The Bertz CT molecular complexity index is 897. The molecule has 1 heterocycles. The number of halogens is 3. The lowest BCUT2D eigenvalue weighted by molar-refractivity contribution is -0.137. The van der Waals surface area contributed by atoms with Crippen molar-refractivity contribution in [2.45, 2.75) is 25.2 Å². The van der Waals surface area contributed by atoms with Crippen LogP contribution in [0.4, 0.5) is 13.2 Å². The van der Waals surface area contributed by atoms with E-state index in [1.165, 1.54) is 6.07 Å². The van der Waals surface area contributed by atoms with Gasteiger partial charge in [0.1, 0.15) is 0 Å².